The maximum absolute atomic E-state index is 5.41. The third-order valence-electron chi connectivity index (χ3n) is 3.34. The normalized spacial score (nSPS) is 18.8. The summed E-state index contributed by atoms with van der Waals surface area (Å²) in [7, 11) is 0. The number of morpholine rings is 1. The van der Waals surface area contributed by atoms with Crippen molar-refractivity contribution in [3.05, 3.63) is 18.6 Å². The summed E-state index contributed by atoms with van der Waals surface area (Å²) in [5, 5.41) is 3.37. The van der Waals surface area contributed by atoms with Crippen LogP contribution < -0.4 is 5.32 Å². The minimum absolute atomic E-state index is 0.510. The van der Waals surface area contributed by atoms with E-state index in [2.05, 4.69) is 34.0 Å². The van der Waals surface area contributed by atoms with E-state index in [-0.39, 0.29) is 0 Å². The summed E-state index contributed by atoms with van der Waals surface area (Å²) >= 11 is 0. The highest BCUT2D eigenvalue weighted by Crippen LogP contribution is 2.13. The molecule has 1 fully saturated rings. The second-order valence-electron chi connectivity index (χ2n) is 4.93. The van der Waals surface area contributed by atoms with Crippen LogP contribution in [0.2, 0.25) is 0 Å². The van der Waals surface area contributed by atoms with Crippen molar-refractivity contribution >= 4 is 5.82 Å². The van der Waals surface area contributed by atoms with E-state index in [1.807, 2.05) is 0 Å². The van der Waals surface area contributed by atoms with Gasteiger partial charge < -0.3 is 10.1 Å². The fourth-order valence-corrected chi connectivity index (χ4v) is 2.30. The average Bonchev–Trinajstić information content (AvgIpc) is 2.41. The van der Waals surface area contributed by atoms with Gasteiger partial charge in [-0.2, -0.15) is 0 Å². The Kier molecular flexibility index (Phi) is 4.90. The largest absolute Gasteiger partial charge is 0.379 e. The van der Waals surface area contributed by atoms with Crippen molar-refractivity contribution < 1.29 is 4.74 Å². The lowest BCUT2D eigenvalue weighted by molar-refractivity contribution is 0.00953. The first-order valence-corrected chi connectivity index (χ1v) is 6.59. The number of rotatable bonds is 5. The fraction of sp³-hybridized carbons (Fsp3) is 0.692. The molecule has 0 aromatic carbocycles. The molecule has 0 amide bonds. The van der Waals surface area contributed by atoms with Gasteiger partial charge in [-0.05, 0) is 5.92 Å². The molecule has 1 aromatic rings. The van der Waals surface area contributed by atoms with Crippen LogP contribution in [0.15, 0.2) is 18.6 Å². The maximum Gasteiger partial charge on any atom is 0.144 e. The minimum atomic E-state index is 0.510. The van der Waals surface area contributed by atoms with Gasteiger partial charge in [0.05, 0.1) is 19.4 Å². The lowest BCUT2D eigenvalue weighted by Gasteiger charge is -2.37. The molecule has 5 nitrogen and oxygen atoms in total. The molecular weight excluding hydrogens is 228 g/mol. The summed E-state index contributed by atoms with van der Waals surface area (Å²) in [5.74, 6) is 1.45. The van der Waals surface area contributed by atoms with Gasteiger partial charge >= 0.3 is 0 Å². The fourth-order valence-electron chi connectivity index (χ4n) is 2.30. The van der Waals surface area contributed by atoms with E-state index < -0.39 is 0 Å². The van der Waals surface area contributed by atoms with Crippen LogP contribution in [0.1, 0.15) is 13.8 Å². The molecule has 1 saturated heterocycles. The Morgan fingerprint density at radius 2 is 2.11 bits per heavy atom. The summed E-state index contributed by atoms with van der Waals surface area (Å²) in [6.45, 7) is 9.14. The lowest BCUT2D eigenvalue weighted by Crippen LogP contribution is -2.49. The Balaban J connectivity index is 1.90. The van der Waals surface area contributed by atoms with Crippen LogP contribution in [0.4, 0.5) is 5.82 Å². The van der Waals surface area contributed by atoms with Crippen molar-refractivity contribution in [3.8, 4) is 0 Å². The number of anilines is 1. The highest BCUT2D eigenvalue weighted by molar-refractivity contribution is 5.30. The summed E-state index contributed by atoms with van der Waals surface area (Å²) in [6.07, 6.45) is 5.16. The highest BCUT2D eigenvalue weighted by atomic mass is 16.5. The molecule has 100 valence electrons. The molecule has 1 aromatic heterocycles. The molecule has 0 spiro atoms. The number of hydrogen-bond acceptors (Lipinski definition) is 5. The van der Waals surface area contributed by atoms with Gasteiger partial charge in [-0.25, -0.2) is 4.98 Å². The Labute approximate surface area is 109 Å². The van der Waals surface area contributed by atoms with Crippen LogP contribution in [0.3, 0.4) is 0 Å². The topological polar surface area (TPSA) is 50.3 Å². The van der Waals surface area contributed by atoms with Crippen LogP contribution >= 0.6 is 0 Å². The van der Waals surface area contributed by atoms with E-state index in [0.717, 1.165) is 38.7 Å². The van der Waals surface area contributed by atoms with Gasteiger partial charge in [0.1, 0.15) is 5.82 Å². The van der Waals surface area contributed by atoms with Gasteiger partial charge in [-0.3, -0.25) is 9.88 Å². The van der Waals surface area contributed by atoms with Gasteiger partial charge in [0.25, 0.3) is 0 Å². The Bertz CT molecular complexity index is 338. The Hall–Kier alpha value is -1.20. The van der Waals surface area contributed by atoms with E-state index in [1.165, 1.54) is 0 Å². The number of hydrogen-bond donors (Lipinski definition) is 1. The molecule has 1 atom stereocenters. The standard InChI is InChI=1S/C13H22N4O/c1-11(2)12(17-5-7-18-8-6-17)9-16-13-10-14-3-4-15-13/h3-4,10-12H,5-9H2,1-2H3,(H,15,16). The van der Waals surface area contributed by atoms with Crippen molar-refractivity contribution in [3.63, 3.8) is 0 Å². The van der Waals surface area contributed by atoms with Crippen molar-refractivity contribution in [1.29, 1.82) is 0 Å². The van der Waals surface area contributed by atoms with E-state index >= 15 is 0 Å². The first kappa shape index (κ1) is 13.2. The quantitative estimate of drug-likeness (QED) is 0.852. The van der Waals surface area contributed by atoms with Crippen LogP contribution in [-0.4, -0.2) is 53.8 Å². The molecule has 18 heavy (non-hydrogen) atoms. The van der Waals surface area contributed by atoms with Crippen molar-refractivity contribution in [1.82, 2.24) is 14.9 Å². The van der Waals surface area contributed by atoms with Crippen LogP contribution in [-0.2, 0) is 4.74 Å². The zero-order valence-electron chi connectivity index (χ0n) is 11.2. The second kappa shape index (κ2) is 6.66. The van der Waals surface area contributed by atoms with Crippen LogP contribution in [0.5, 0.6) is 0 Å². The van der Waals surface area contributed by atoms with Crippen molar-refractivity contribution in [2.45, 2.75) is 19.9 Å². The zero-order valence-corrected chi connectivity index (χ0v) is 11.2. The molecule has 2 heterocycles. The third-order valence-corrected chi connectivity index (χ3v) is 3.34. The molecule has 1 aliphatic rings. The molecule has 1 aliphatic heterocycles. The number of aromatic nitrogens is 2. The molecule has 1 N–H and O–H groups in total. The first-order chi connectivity index (χ1) is 8.77. The minimum Gasteiger partial charge on any atom is -0.379 e. The molecule has 2 rings (SSSR count). The van der Waals surface area contributed by atoms with Gasteiger partial charge in [-0.15, -0.1) is 0 Å². The molecule has 5 heteroatoms. The zero-order chi connectivity index (χ0) is 12.8. The van der Waals surface area contributed by atoms with E-state index in [9.17, 15) is 0 Å². The second-order valence-corrected chi connectivity index (χ2v) is 4.93. The molecular formula is C13H22N4O. The average molecular weight is 250 g/mol. The Morgan fingerprint density at radius 1 is 1.33 bits per heavy atom. The van der Waals surface area contributed by atoms with E-state index in [0.29, 0.717) is 12.0 Å². The first-order valence-electron chi connectivity index (χ1n) is 6.59. The smallest absolute Gasteiger partial charge is 0.144 e. The SMILES string of the molecule is CC(C)C(CNc1cnccn1)N1CCOCC1. The molecule has 0 radical (unpaired) electrons. The van der Waals surface area contributed by atoms with Crippen LogP contribution in [0.25, 0.3) is 0 Å². The molecule has 0 aliphatic carbocycles. The monoisotopic (exact) mass is 250 g/mol. The molecule has 0 bridgehead atoms. The summed E-state index contributed by atoms with van der Waals surface area (Å²) in [6, 6.07) is 0.510. The van der Waals surface area contributed by atoms with Crippen LogP contribution in [0, 0.1) is 5.92 Å². The predicted octanol–water partition coefficient (Wildman–Crippen LogP) is 1.25. The maximum atomic E-state index is 5.41. The summed E-state index contributed by atoms with van der Waals surface area (Å²) in [4.78, 5) is 10.8. The van der Waals surface area contributed by atoms with Crippen molar-refractivity contribution in [2.24, 2.45) is 5.92 Å². The third kappa shape index (κ3) is 3.65. The van der Waals surface area contributed by atoms with Gasteiger partial charge in [-0.1, -0.05) is 13.8 Å². The number of nitrogens with one attached hydrogen (secondary N) is 1. The summed E-state index contributed by atoms with van der Waals surface area (Å²) < 4.78 is 5.41. The number of ether oxygens (including phenoxy) is 1. The number of nitrogens with zero attached hydrogens (tertiary/aromatic N) is 3. The highest BCUT2D eigenvalue weighted by Gasteiger charge is 2.23. The van der Waals surface area contributed by atoms with Gasteiger partial charge in [0.15, 0.2) is 0 Å². The van der Waals surface area contributed by atoms with E-state index in [4.69, 9.17) is 4.74 Å². The lowest BCUT2D eigenvalue weighted by atomic mass is 10.0. The van der Waals surface area contributed by atoms with E-state index in [1.54, 1.807) is 18.6 Å². The Morgan fingerprint density at radius 3 is 2.72 bits per heavy atom. The predicted molar refractivity (Wildman–Crippen MR) is 71.5 cm³/mol. The summed E-state index contributed by atoms with van der Waals surface area (Å²) in [5.41, 5.74) is 0. The molecule has 1 unspecified atom stereocenters. The van der Waals surface area contributed by atoms with Gasteiger partial charge in [0.2, 0.25) is 0 Å². The molecule has 0 saturated carbocycles. The van der Waals surface area contributed by atoms with Crippen molar-refractivity contribution in [2.75, 3.05) is 38.2 Å². The van der Waals surface area contributed by atoms with Gasteiger partial charge in [0, 0.05) is 38.1 Å².